The highest BCUT2D eigenvalue weighted by atomic mass is 16.4. The van der Waals surface area contributed by atoms with E-state index in [0.29, 0.717) is 0 Å². The van der Waals surface area contributed by atoms with E-state index >= 15 is 0 Å². The highest BCUT2D eigenvalue weighted by Gasteiger charge is 2.58. The maximum Gasteiger partial charge on any atom is 0.144 e. The zero-order valence-electron chi connectivity index (χ0n) is 6.20. The van der Waals surface area contributed by atoms with Crippen LogP contribution >= 0.6 is 0 Å². The van der Waals surface area contributed by atoms with Crippen LogP contribution in [0.1, 0.15) is 0 Å². The van der Waals surface area contributed by atoms with Crippen molar-refractivity contribution < 1.29 is 30.6 Å². The first-order valence-corrected chi connectivity index (χ1v) is 3.50. The minimum absolute atomic E-state index is 0.927. The van der Waals surface area contributed by atoms with Crippen LogP contribution in [0.25, 0.3) is 0 Å². The van der Waals surface area contributed by atoms with Gasteiger partial charge in [-0.1, -0.05) is 0 Å². The summed E-state index contributed by atoms with van der Waals surface area (Å²) in [5.74, 6) is 0. The molecular formula is C6H12O6. The van der Waals surface area contributed by atoms with E-state index in [-0.39, 0.29) is 0 Å². The van der Waals surface area contributed by atoms with Crippen molar-refractivity contribution in [1.82, 2.24) is 0 Å². The van der Waals surface area contributed by atoms with Crippen molar-refractivity contribution in [3.63, 3.8) is 0 Å². The molecule has 0 spiro atoms. The van der Waals surface area contributed by atoms with Gasteiger partial charge in [0.2, 0.25) is 0 Å². The molecule has 0 amide bonds. The van der Waals surface area contributed by atoms with Gasteiger partial charge in [0.05, 0.1) is 6.61 Å². The van der Waals surface area contributed by atoms with Crippen LogP contribution in [0, 0.1) is 0 Å². The molecule has 0 aliphatic heterocycles. The molecule has 0 bridgehead atoms. The third-order valence-electron chi connectivity index (χ3n) is 2.27. The Bertz CT molecular complexity index is 157. The average Bonchev–Trinajstić information content (AvgIpc) is 2.22. The van der Waals surface area contributed by atoms with Crippen LogP contribution in [0.4, 0.5) is 0 Å². The molecule has 6 nitrogen and oxygen atoms in total. The molecule has 4 atom stereocenters. The second-order valence-electron chi connectivity index (χ2n) is 3.02. The van der Waals surface area contributed by atoms with Gasteiger partial charge in [-0.3, -0.25) is 0 Å². The summed E-state index contributed by atoms with van der Waals surface area (Å²) < 4.78 is 0. The molecule has 1 fully saturated rings. The van der Waals surface area contributed by atoms with E-state index in [4.69, 9.17) is 25.5 Å². The summed E-state index contributed by atoms with van der Waals surface area (Å²) in [6.07, 6.45) is -6.77. The molecule has 0 aromatic rings. The van der Waals surface area contributed by atoms with Gasteiger partial charge in [0.1, 0.15) is 30.0 Å². The molecule has 0 aromatic carbocycles. The van der Waals surface area contributed by atoms with Crippen molar-refractivity contribution in [1.29, 1.82) is 0 Å². The van der Waals surface area contributed by atoms with Gasteiger partial charge in [-0.05, 0) is 0 Å². The lowest BCUT2D eigenvalue weighted by atomic mass is 9.99. The van der Waals surface area contributed by atoms with Gasteiger partial charge in [-0.2, -0.15) is 0 Å². The first-order chi connectivity index (χ1) is 5.45. The number of aliphatic hydroxyl groups is 6. The predicted octanol–water partition coefficient (Wildman–Crippen LogP) is -3.83. The van der Waals surface area contributed by atoms with Gasteiger partial charge >= 0.3 is 0 Å². The Balaban J connectivity index is 2.90. The fraction of sp³-hybridized carbons (Fsp3) is 1.00. The monoisotopic (exact) mass is 180 g/mol. The molecule has 1 aliphatic carbocycles. The average molecular weight is 180 g/mol. The van der Waals surface area contributed by atoms with Crippen LogP contribution in [-0.2, 0) is 0 Å². The first-order valence-electron chi connectivity index (χ1n) is 3.50. The van der Waals surface area contributed by atoms with Crippen LogP contribution in [0.15, 0.2) is 0 Å². The maximum atomic E-state index is 9.31. The van der Waals surface area contributed by atoms with E-state index in [1.807, 2.05) is 0 Å². The molecule has 72 valence electrons. The molecule has 1 saturated carbocycles. The maximum absolute atomic E-state index is 9.31. The molecule has 0 aromatic heterocycles. The summed E-state index contributed by atoms with van der Waals surface area (Å²) >= 11 is 0. The smallest absolute Gasteiger partial charge is 0.144 e. The van der Waals surface area contributed by atoms with E-state index in [1.165, 1.54) is 0 Å². The second-order valence-corrected chi connectivity index (χ2v) is 3.02. The fourth-order valence-electron chi connectivity index (χ4n) is 1.33. The van der Waals surface area contributed by atoms with Gasteiger partial charge < -0.3 is 30.6 Å². The first kappa shape index (κ1) is 9.85. The number of hydrogen-bond donors (Lipinski definition) is 6. The van der Waals surface area contributed by atoms with Crippen LogP contribution in [-0.4, -0.2) is 67.3 Å². The molecule has 6 N–H and O–H groups in total. The van der Waals surface area contributed by atoms with Gasteiger partial charge in [0.15, 0.2) is 0 Å². The van der Waals surface area contributed by atoms with Crippen LogP contribution in [0.5, 0.6) is 0 Å². The molecule has 1 aliphatic rings. The van der Waals surface area contributed by atoms with E-state index in [9.17, 15) is 5.11 Å². The SMILES string of the molecule is OCC1(O)C(O)C(O)C(O)C1O. The predicted molar refractivity (Wildman–Crippen MR) is 36.1 cm³/mol. The van der Waals surface area contributed by atoms with Crippen LogP contribution < -0.4 is 0 Å². The van der Waals surface area contributed by atoms with Crippen molar-refractivity contribution in [2.45, 2.75) is 30.0 Å². The Morgan fingerprint density at radius 1 is 0.917 bits per heavy atom. The van der Waals surface area contributed by atoms with Crippen molar-refractivity contribution >= 4 is 0 Å². The van der Waals surface area contributed by atoms with Crippen LogP contribution in [0.3, 0.4) is 0 Å². The van der Waals surface area contributed by atoms with Crippen molar-refractivity contribution in [3.05, 3.63) is 0 Å². The molecule has 12 heavy (non-hydrogen) atoms. The lowest BCUT2D eigenvalue weighted by molar-refractivity contribution is -0.151. The largest absolute Gasteiger partial charge is 0.393 e. The minimum Gasteiger partial charge on any atom is -0.393 e. The molecule has 0 saturated heterocycles. The summed E-state index contributed by atoms with van der Waals surface area (Å²) in [5.41, 5.74) is -2.24. The van der Waals surface area contributed by atoms with E-state index < -0.39 is 36.6 Å². The van der Waals surface area contributed by atoms with Crippen LogP contribution in [0.2, 0.25) is 0 Å². The molecule has 0 heterocycles. The summed E-state index contributed by atoms with van der Waals surface area (Å²) in [6, 6.07) is 0. The minimum atomic E-state index is -2.24. The van der Waals surface area contributed by atoms with Crippen molar-refractivity contribution in [2.24, 2.45) is 0 Å². The molecule has 0 radical (unpaired) electrons. The molecule has 4 unspecified atom stereocenters. The summed E-state index contributed by atoms with van der Waals surface area (Å²) in [6.45, 7) is -0.927. The van der Waals surface area contributed by atoms with Gasteiger partial charge in [0.25, 0.3) is 0 Å². The fourth-order valence-corrected chi connectivity index (χ4v) is 1.33. The number of rotatable bonds is 1. The van der Waals surface area contributed by atoms with Crippen molar-refractivity contribution in [3.8, 4) is 0 Å². The van der Waals surface area contributed by atoms with E-state index in [0.717, 1.165) is 0 Å². The standard InChI is InChI=1S/C6H12O6/c7-1-6(12)4(10)2(8)3(9)5(6)11/h2-5,7-12H,1H2. The molecular weight excluding hydrogens is 168 g/mol. The quantitative estimate of drug-likeness (QED) is 0.246. The zero-order chi connectivity index (χ0) is 9.52. The third-order valence-corrected chi connectivity index (χ3v) is 2.27. The number of aliphatic hydroxyl groups excluding tert-OH is 5. The topological polar surface area (TPSA) is 121 Å². The Morgan fingerprint density at radius 2 is 1.25 bits per heavy atom. The summed E-state index contributed by atoms with van der Waals surface area (Å²) in [5, 5.41) is 54.0. The normalized spacial score (nSPS) is 54.5. The molecule has 6 heteroatoms. The Morgan fingerprint density at radius 3 is 1.42 bits per heavy atom. The highest BCUT2D eigenvalue weighted by molar-refractivity contribution is 5.09. The lowest BCUT2D eigenvalue weighted by Crippen LogP contribution is -2.51. The van der Waals surface area contributed by atoms with E-state index in [2.05, 4.69) is 0 Å². The second kappa shape index (κ2) is 2.91. The van der Waals surface area contributed by atoms with Crippen molar-refractivity contribution in [2.75, 3.05) is 6.61 Å². The summed E-state index contributed by atoms with van der Waals surface area (Å²) in [4.78, 5) is 0. The van der Waals surface area contributed by atoms with Gasteiger partial charge in [-0.25, -0.2) is 0 Å². The Kier molecular flexibility index (Phi) is 2.39. The highest BCUT2D eigenvalue weighted by Crippen LogP contribution is 2.30. The van der Waals surface area contributed by atoms with Gasteiger partial charge in [-0.15, -0.1) is 0 Å². The lowest BCUT2D eigenvalue weighted by Gasteiger charge is -2.27. The molecule has 1 rings (SSSR count). The Labute approximate surface area is 68.3 Å². The third kappa shape index (κ3) is 1.05. The Hall–Kier alpha value is -0.240. The zero-order valence-corrected chi connectivity index (χ0v) is 6.20. The number of hydrogen-bond acceptors (Lipinski definition) is 6. The summed E-state index contributed by atoms with van der Waals surface area (Å²) in [7, 11) is 0. The van der Waals surface area contributed by atoms with Gasteiger partial charge in [0, 0.05) is 0 Å². The van der Waals surface area contributed by atoms with E-state index in [1.54, 1.807) is 0 Å².